The molecule has 0 aliphatic rings. The van der Waals surface area contributed by atoms with Gasteiger partial charge < -0.3 is 10.4 Å². The summed E-state index contributed by atoms with van der Waals surface area (Å²) in [6.45, 7) is 4.59. The molecule has 1 aromatic rings. The van der Waals surface area contributed by atoms with E-state index in [1.165, 1.54) is 17.3 Å². The van der Waals surface area contributed by atoms with Gasteiger partial charge in [-0.15, -0.1) is 0 Å². The second kappa shape index (κ2) is 7.01. The molecule has 96 valence electrons. The van der Waals surface area contributed by atoms with Gasteiger partial charge in [-0.3, -0.25) is 4.79 Å². The average molecular weight is 240 g/mol. The Hall–Kier alpha value is -1.43. The van der Waals surface area contributed by atoms with Gasteiger partial charge in [0.1, 0.15) is 18.7 Å². The van der Waals surface area contributed by atoms with Crippen LogP contribution >= 0.6 is 0 Å². The highest BCUT2D eigenvalue weighted by atomic mass is 16.3. The summed E-state index contributed by atoms with van der Waals surface area (Å²) < 4.78 is 1.52. The van der Waals surface area contributed by atoms with Crippen LogP contribution in [-0.2, 0) is 4.79 Å². The van der Waals surface area contributed by atoms with Gasteiger partial charge >= 0.3 is 0 Å². The number of aliphatic hydroxyl groups excluding tert-OH is 1. The maximum atomic E-state index is 11.7. The summed E-state index contributed by atoms with van der Waals surface area (Å²) in [7, 11) is 0. The Labute approximate surface area is 101 Å². The van der Waals surface area contributed by atoms with Crippen LogP contribution in [0.2, 0.25) is 0 Å². The number of nitrogens with one attached hydrogen (secondary N) is 1. The van der Waals surface area contributed by atoms with Gasteiger partial charge in [0, 0.05) is 13.2 Å². The number of carbonyl (C=O) groups is 1. The lowest BCUT2D eigenvalue weighted by molar-refractivity contribution is -0.124. The fourth-order valence-corrected chi connectivity index (χ4v) is 1.44. The van der Waals surface area contributed by atoms with Crippen LogP contribution in [0.3, 0.4) is 0 Å². The molecule has 0 aliphatic carbocycles. The first kappa shape index (κ1) is 13.6. The predicted molar refractivity (Wildman–Crippen MR) is 63.2 cm³/mol. The van der Waals surface area contributed by atoms with Crippen LogP contribution in [-0.4, -0.2) is 38.9 Å². The number of aromatic nitrogens is 3. The van der Waals surface area contributed by atoms with Gasteiger partial charge in [-0.25, -0.2) is 9.67 Å². The first-order valence-electron chi connectivity index (χ1n) is 5.87. The standard InChI is InChI=1S/C11H20N4O2/c1-9(6-16)4-3-5-13-11(17)10(2)15-8-12-7-14-15/h7-10,16H,3-6H2,1-2H3,(H,13,17). The zero-order valence-electron chi connectivity index (χ0n) is 10.3. The zero-order valence-corrected chi connectivity index (χ0v) is 10.3. The minimum Gasteiger partial charge on any atom is -0.396 e. The molecule has 0 saturated heterocycles. The van der Waals surface area contributed by atoms with E-state index in [0.717, 1.165) is 12.8 Å². The molecule has 1 rings (SSSR count). The number of rotatable bonds is 7. The summed E-state index contributed by atoms with van der Waals surface area (Å²) >= 11 is 0. The fraction of sp³-hybridized carbons (Fsp3) is 0.727. The topological polar surface area (TPSA) is 80.0 Å². The summed E-state index contributed by atoms with van der Waals surface area (Å²) in [5.74, 6) is 0.229. The lowest BCUT2D eigenvalue weighted by Crippen LogP contribution is -2.32. The average Bonchev–Trinajstić information content (AvgIpc) is 2.86. The summed E-state index contributed by atoms with van der Waals surface area (Å²) in [5, 5.41) is 15.6. The van der Waals surface area contributed by atoms with Crippen LogP contribution in [0.25, 0.3) is 0 Å². The highest BCUT2D eigenvalue weighted by Gasteiger charge is 2.14. The van der Waals surface area contributed by atoms with Crippen molar-refractivity contribution in [2.45, 2.75) is 32.7 Å². The van der Waals surface area contributed by atoms with Crippen LogP contribution in [0.5, 0.6) is 0 Å². The van der Waals surface area contributed by atoms with Gasteiger partial charge in [0.05, 0.1) is 0 Å². The van der Waals surface area contributed by atoms with Crippen LogP contribution in [0.1, 0.15) is 32.7 Å². The van der Waals surface area contributed by atoms with Gasteiger partial charge in [0.2, 0.25) is 5.91 Å². The largest absolute Gasteiger partial charge is 0.396 e. The molecule has 0 fully saturated rings. The van der Waals surface area contributed by atoms with Crippen molar-refractivity contribution in [1.29, 1.82) is 0 Å². The predicted octanol–water partition coefficient (Wildman–Crippen LogP) is 0.364. The maximum Gasteiger partial charge on any atom is 0.244 e. The lowest BCUT2D eigenvalue weighted by Gasteiger charge is -2.12. The van der Waals surface area contributed by atoms with Crippen LogP contribution in [0.4, 0.5) is 0 Å². The Kier molecular flexibility index (Phi) is 5.62. The number of nitrogens with zero attached hydrogens (tertiary/aromatic N) is 3. The summed E-state index contributed by atoms with van der Waals surface area (Å²) in [6.07, 6.45) is 4.72. The Morgan fingerprint density at radius 2 is 2.29 bits per heavy atom. The van der Waals surface area contributed by atoms with Crippen molar-refractivity contribution in [1.82, 2.24) is 20.1 Å². The number of hydrogen-bond donors (Lipinski definition) is 2. The van der Waals surface area contributed by atoms with Crippen molar-refractivity contribution in [3.8, 4) is 0 Å². The molecule has 1 heterocycles. The fourth-order valence-electron chi connectivity index (χ4n) is 1.44. The summed E-state index contributed by atoms with van der Waals surface area (Å²) in [5.41, 5.74) is 0. The molecule has 0 radical (unpaired) electrons. The van der Waals surface area contributed by atoms with Crippen molar-refractivity contribution in [3.05, 3.63) is 12.7 Å². The Balaban J connectivity index is 2.21. The molecule has 0 bridgehead atoms. The van der Waals surface area contributed by atoms with Gasteiger partial charge in [-0.1, -0.05) is 6.92 Å². The van der Waals surface area contributed by atoms with Crippen LogP contribution < -0.4 is 5.32 Å². The number of carbonyl (C=O) groups excluding carboxylic acids is 1. The highest BCUT2D eigenvalue weighted by Crippen LogP contribution is 2.04. The molecule has 0 aliphatic heterocycles. The summed E-state index contributed by atoms with van der Waals surface area (Å²) in [4.78, 5) is 15.5. The molecule has 6 nitrogen and oxygen atoms in total. The summed E-state index contributed by atoms with van der Waals surface area (Å²) in [6, 6.07) is -0.340. The molecule has 0 saturated carbocycles. The van der Waals surface area contributed by atoms with E-state index in [1.807, 2.05) is 6.92 Å². The van der Waals surface area contributed by atoms with E-state index in [0.29, 0.717) is 12.5 Å². The molecule has 2 atom stereocenters. The van der Waals surface area contributed by atoms with E-state index in [2.05, 4.69) is 15.4 Å². The Morgan fingerprint density at radius 3 is 2.88 bits per heavy atom. The number of hydrogen-bond acceptors (Lipinski definition) is 4. The molecule has 0 aromatic carbocycles. The highest BCUT2D eigenvalue weighted by molar-refractivity contribution is 5.79. The molecular formula is C11H20N4O2. The third kappa shape index (κ3) is 4.52. The third-order valence-corrected chi connectivity index (χ3v) is 2.70. The smallest absolute Gasteiger partial charge is 0.244 e. The van der Waals surface area contributed by atoms with E-state index in [4.69, 9.17) is 5.11 Å². The molecule has 0 spiro atoms. The van der Waals surface area contributed by atoms with Crippen LogP contribution in [0, 0.1) is 5.92 Å². The first-order chi connectivity index (χ1) is 8.15. The minimum atomic E-state index is -0.340. The van der Waals surface area contributed by atoms with Gasteiger partial charge in [0.15, 0.2) is 0 Å². The van der Waals surface area contributed by atoms with Gasteiger partial charge in [0.25, 0.3) is 0 Å². The molecule has 2 unspecified atom stereocenters. The van der Waals surface area contributed by atoms with Gasteiger partial charge in [-0.05, 0) is 25.7 Å². The van der Waals surface area contributed by atoms with Crippen LogP contribution in [0.15, 0.2) is 12.7 Å². The van der Waals surface area contributed by atoms with E-state index in [-0.39, 0.29) is 18.6 Å². The third-order valence-electron chi connectivity index (χ3n) is 2.70. The van der Waals surface area contributed by atoms with Crippen molar-refractivity contribution in [2.24, 2.45) is 5.92 Å². The zero-order chi connectivity index (χ0) is 12.7. The number of amides is 1. The molecule has 6 heteroatoms. The van der Waals surface area contributed by atoms with E-state index >= 15 is 0 Å². The van der Waals surface area contributed by atoms with Gasteiger partial charge in [-0.2, -0.15) is 5.10 Å². The lowest BCUT2D eigenvalue weighted by atomic mass is 10.1. The molecular weight excluding hydrogens is 220 g/mol. The molecule has 17 heavy (non-hydrogen) atoms. The quantitative estimate of drug-likeness (QED) is 0.675. The maximum absolute atomic E-state index is 11.7. The first-order valence-corrected chi connectivity index (χ1v) is 5.87. The number of aliphatic hydroxyl groups is 1. The Morgan fingerprint density at radius 1 is 1.53 bits per heavy atom. The molecule has 1 amide bonds. The second-order valence-electron chi connectivity index (χ2n) is 4.27. The van der Waals surface area contributed by atoms with Crippen molar-refractivity contribution >= 4 is 5.91 Å². The Bertz CT molecular complexity index is 326. The normalized spacial score (nSPS) is 14.3. The van der Waals surface area contributed by atoms with Crippen molar-refractivity contribution in [2.75, 3.05) is 13.2 Å². The molecule has 1 aromatic heterocycles. The molecule has 2 N–H and O–H groups in total. The van der Waals surface area contributed by atoms with E-state index in [9.17, 15) is 4.79 Å². The minimum absolute atomic E-state index is 0.0628. The van der Waals surface area contributed by atoms with E-state index in [1.54, 1.807) is 6.92 Å². The van der Waals surface area contributed by atoms with E-state index < -0.39 is 0 Å². The SMILES string of the molecule is CC(CO)CCCNC(=O)C(C)n1cncn1. The second-order valence-corrected chi connectivity index (χ2v) is 4.27. The van der Waals surface area contributed by atoms with Crippen molar-refractivity contribution in [3.63, 3.8) is 0 Å². The van der Waals surface area contributed by atoms with Crippen molar-refractivity contribution < 1.29 is 9.90 Å². The monoisotopic (exact) mass is 240 g/mol.